The van der Waals surface area contributed by atoms with Crippen LogP contribution in [0, 0.1) is 19.8 Å². The Hall–Kier alpha value is -2.31. The molecule has 28 heavy (non-hydrogen) atoms. The number of aromatic nitrogens is 2. The predicted molar refractivity (Wildman–Crippen MR) is 105 cm³/mol. The molecular weight excluding hydrogens is 354 g/mol. The Bertz CT molecular complexity index is 848. The third-order valence-corrected chi connectivity index (χ3v) is 5.73. The van der Waals surface area contributed by atoms with Crippen LogP contribution in [0.25, 0.3) is 0 Å². The molecule has 0 N–H and O–H groups in total. The zero-order valence-electron chi connectivity index (χ0n) is 16.6. The molecular formula is C22H27N3O3. The molecule has 1 amide bonds. The first kappa shape index (κ1) is 19.0. The second-order valence-electron chi connectivity index (χ2n) is 7.92. The van der Waals surface area contributed by atoms with Crippen LogP contribution in [-0.2, 0) is 16.1 Å². The van der Waals surface area contributed by atoms with Crippen LogP contribution in [-0.4, -0.2) is 52.7 Å². The topological polar surface area (TPSA) is 64.6 Å². The average molecular weight is 381 g/mol. The molecule has 4 rings (SSSR count). The van der Waals surface area contributed by atoms with Crippen molar-refractivity contribution in [3.05, 3.63) is 59.2 Å². The van der Waals surface area contributed by atoms with Gasteiger partial charge in [-0.1, -0.05) is 6.07 Å². The van der Waals surface area contributed by atoms with E-state index < -0.39 is 0 Å². The SMILES string of the molecule is Cc1cncc(C(=O)N2CC3(C2)OCC[C@H]3CCOCc2cccc(C)n2)c1. The zero-order chi connectivity index (χ0) is 19.6. The summed E-state index contributed by atoms with van der Waals surface area (Å²) >= 11 is 0. The fourth-order valence-corrected chi connectivity index (χ4v) is 4.22. The number of nitrogens with zero attached hydrogens (tertiary/aromatic N) is 3. The van der Waals surface area contributed by atoms with E-state index in [1.165, 1.54) is 0 Å². The quantitative estimate of drug-likeness (QED) is 0.720. The molecule has 2 aromatic heterocycles. The second-order valence-corrected chi connectivity index (χ2v) is 7.92. The first-order chi connectivity index (χ1) is 13.6. The molecule has 148 valence electrons. The van der Waals surface area contributed by atoms with Crippen molar-refractivity contribution in [2.24, 2.45) is 5.92 Å². The number of hydrogen-bond acceptors (Lipinski definition) is 5. The van der Waals surface area contributed by atoms with Crippen LogP contribution in [0.1, 0.15) is 40.2 Å². The summed E-state index contributed by atoms with van der Waals surface area (Å²) in [4.78, 5) is 23.1. The fourth-order valence-electron chi connectivity index (χ4n) is 4.22. The van der Waals surface area contributed by atoms with Crippen LogP contribution in [0.2, 0.25) is 0 Å². The molecule has 2 saturated heterocycles. The van der Waals surface area contributed by atoms with Crippen LogP contribution in [0.5, 0.6) is 0 Å². The van der Waals surface area contributed by atoms with Gasteiger partial charge in [0.15, 0.2) is 0 Å². The summed E-state index contributed by atoms with van der Waals surface area (Å²) in [5.41, 5.74) is 3.42. The molecule has 0 aromatic carbocycles. The lowest BCUT2D eigenvalue weighted by Crippen LogP contribution is -2.66. The molecule has 2 fully saturated rings. The van der Waals surface area contributed by atoms with Crippen molar-refractivity contribution in [3.8, 4) is 0 Å². The fraction of sp³-hybridized carbons (Fsp3) is 0.500. The molecule has 2 aliphatic rings. The largest absolute Gasteiger partial charge is 0.375 e. The average Bonchev–Trinajstić information content (AvgIpc) is 3.07. The molecule has 0 radical (unpaired) electrons. The predicted octanol–water partition coefficient (Wildman–Crippen LogP) is 2.93. The molecule has 1 atom stereocenters. The van der Waals surface area contributed by atoms with Crippen LogP contribution in [0.15, 0.2) is 36.7 Å². The van der Waals surface area contributed by atoms with Crippen molar-refractivity contribution in [3.63, 3.8) is 0 Å². The number of pyridine rings is 2. The number of amides is 1. The lowest BCUT2D eigenvalue weighted by atomic mass is 9.79. The van der Waals surface area contributed by atoms with Crippen molar-refractivity contribution in [2.45, 2.75) is 38.9 Å². The number of ether oxygens (including phenoxy) is 2. The molecule has 1 spiro atoms. The van der Waals surface area contributed by atoms with Gasteiger partial charge in [-0.15, -0.1) is 0 Å². The molecule has 6 heteroatoms. The van der Waals surface area contributed by atoms with Gasteiger partial charge in [0, 0.05) is 31.3 Å². The highest BCUT2D eigenvalue weighted by atomic mass is 16.5. The lowest BCUT2D eigenvalue weighted by molar-refractivity contribution is -0.120. The van der Waals surface area contributed by atoms with E-state index in [9.17, 15) is 4.79 Å². The molecule has 4 heterocycles. The molecule has 2 aromatic rings. The normalized spacial score (nSPS) is 20.4. The molecule has 6 nitrogen and oxygen atoms in total. The third-order valence-electron chi connectivity index (χ3n) is 5.73. The highest BCUT2D eigenvalue weighted by Crippen LogP contribution is 2.42. The molecule has 0 unspecified atom stereocenters. The minimum Gasteiger partial charge on any atom is -0.375 e. The second kappa shape index (κ2) is 7.97. The monoisotopic (exact) mass is 381 g/mol. The number of rotatable bonds is 6. The van der Waals surface area contributed by atoms with E-state index in [1.54, 1.807) is 12.4 Å². The van der Waals surface area contributed by atoms with Gasteiger partial charge in [-0.3, -0.25) is 14.8 Å². The van der Waals surface area contributed by atoms with Gasteiger partial charge in [-0.25, -0.2) is 0 Å². The molecule has 0 bridgehead atoms. The van der Waals surface area contributed by atoms with Crippen molar-refractivity contribution < 1.29 is 14.3 Å². The number of carbonyl (C=O) groups excluding carboxylic acids is 1. The summed E-state index contributed by atoms with van der Waals surface area (Å²) in [6.07, 6.45) is 5.37. The van der Waals surface area contributed by atoms with Gasteiger partial charge in [0.25, 0.3) is 5.91 Å². The van der Waals surface area contributed by atoms with E-state index in [1.807, 2.05) is 43.0 Å². The maximum Gasteiger partial charge on any atom is 0.255 e. The summed E-state index contributed by atoms with van der Waals surface area (Å²) in [6.45, 7) is 7.23. The Morgan fingerprint density at radius 2 is 2.18 bits per heavy atom. The maximum absolute atomic E-state index is 12.7. The van der Waals surface area contributed by atoms with Crippen LogP contribution >= 0.6 is 0 Å². The summed E-state index contributed by atoms with van der Waals surface area (Å²) in [6, 6.07) is 7.87. The van der Waals surface area contributed by atoms with Crippen LogP contribution in [0.3, 0.4) is 0 Å². The molecule has 2 aliphatic heterocycles. The van der Waals surface area contributed by atoms with E-state index in [0.29, 0.717) is 37.8 Å². The van der Waals surface area contributed by atoms with Crippen LogP contribution in [0.4, 0.5) is 0 Å². The number of carbonyl (C=O) groups is 1. The van der Waals surface area contributed by atoms with Crippen molar-refractivity contribution in [1.82, 2.24) is 14.9 Å². The minimum absolute atomic E-state index is 0.0397. The van der Waals surface area contributed by atoms with E-state index in [4.69, 9.17) is 9.47 Å². The van der Waals surface area contributed by atoms with Gasteiger partial charge in [0.2, 0.25) is 0 Å². The van der Waals surface area contributed by atoms with Crippen molar-refractivity contribution in [2.75, 3.05) is 26.3 Å². The van der Waals surface area contributed by atoms with Crippen molar-refractivity contribution in [1.29, 1.82) is 0 Å². The Morgan fingerprint density at radius 1 is 1.32 bits per heavy atom. The lowest BCUT2D eigenvalue weighted by Gasteiger charge is -2.50. The maximum atomic E-state index is 12.7. The Kier molecular flexibility index (Phi) is 5.42. The molecule has 0 aliphatic carbocycles. The highest BCUT2D eigenvalue weighted by Gasteiger charge is 2.54. The van der Waals surface area contributed by atoms with Gasteiger partial charge in [0.05, 0.1) is 31.0 Å². The molecule has 0 saturated carbocycles. The van der Waals surface area contributed by atoms with E-state index in [2.05, 4.69) is 9.97 Å². The summed E-state index contributed by atoms with van der Waals surface area (Å²) < 4.78 is 11.9. The van der Waals surface area contributed by atoms with Gasteiger partial charge in [-0.05, 0) is 56.4 Å². The minimum atomic E-state index is -0.197. The van der Waals surface area contributed by atoms with Gasteiger partial charge >= 0.3 is 0 Å². The van der Waals surface area contributed by atoms with Crippen molar-refractivity contribution >= 4 is 5.91 Å². The Morgan fingerprint density at radius 3 is 2.96 bits per heavy atom. The number of hydrogen-bond donors (Lipinski definition) is 0. The van der Waals surface area contributed by atoms with Crippen LogP contribution < -0.4 is 0 Å². The summed E-state index contributed by atoms with van der Waals surface area (Å²) in [5, 5.41) is 0. The highest BCUT2D eigenvalue weighted by molar-refractivity contribution is 5.94. The first-order valence-electron chi connectivity index (χ1n) is 9.91. The Balaban J connectivity index is 1.27. The number of likely N-dealkylation sites (tertiary alicyclic amines) is 1. The zero-order valence-corrected chi connectivity index (χ0v) is 16.6. The van der Waals surface area contributed by atoms with E-state index >= 15 is 0 Å². The Labute approximate surface area is 165 Å². The van der Waals surface area contributed by atoms with E-state index in [0.717, 1.165) is 36.4 Å². The number of aryl methyl sites for hydroxylation is 2. The summed E-state index contributed by atoms with van der Waals surface area (Å²) in [5.74, 6) is 0.468. The van der Waals surface area contributed by atoms with E-state index in [-0.39, 0.29) is 11.5 Å². The van der Waals surface area contributed by atoms with Gasteiger partial charge in [0.1, 0.15) is 5.60 Å². The smallest absolute Gasteiger partial charge is 0.255 e. The first-order valence-corrected chi connectivity index (χ1v) is 9.91. The third kappa shape index (κ3) is 3.93. The van der Waals surface area contributed by atoms with Gasteiger partial charge in [-0.2, -0.15) is 0 Å². The standard InChI is InChI=1S/C22H27N3O3/c1-16-10-18(12-23-11-16)21(26)25-14-22(15-25)19(7-9-28-22)6-8-27-13-20-5-3-4-17(2)24-20/h3-5,10-12,19H,6-9,13-15H2,1-2H3/t19-/m1/s1. The summed E-state index contributed by atoms with van der Waals surface area (Å²) in [7, 11) is 0. The van der Waals surface area contributed by atoms with Gasteiger partial charge < -0.3 is 14.4 Å².